The number of nitrogens with two attached hydrogens (primary N) is 1. The summed E-state index contributed by atoms with van der Waals surface area (Å²) >= 11 is 4.47. The predicted octanol–water partition coefficient (Wildman–Crippen LogP) is 3.42. The lowest BCUT2D eigenvalue weighted by molar-refractivity contribution is -0.120. The predicted molar refractivity (Wildman–Crippen MR) is 91.5 cm³/mol. The molecule has 1 aliphatic carbocycles. The summed E-state index contributed by atoms with van der Waals surface area (Å²) in [5.74, 6) is -0.295. The molecule has 3 rings (SSSR count). The van der Waals surface area contributed by atoms with Crippen molar-refractivity contribution in [2.75, 3.05) is 11.9 Å². The standard InChI is InChI=1S/C15H16BrFN4OS/c16-9-4-5-12(17)11(6-9)14-20-21-15(23-14)19-13(22)10-3-1-2-8(10)7-18/h4-6,8,10H,1-3,7,18H2,(H,19,21,22)/t8-,10-/m1/s1. The van der Waals surface area contributed by atoms with E-state index in [4.69, 9.17) is 5.73 Å². The number of hydrogen-bond acceptors (Lipinski definition) is 5. The van der Waals surface area contributed by atoms with Gasteiger partial charge in [-0.25, -0.2) is 4.39 Å². The quantitative estimate of drug-likeness (QED) is 0.826. The van der Waals surface area contributed by atoms with Gasteiger partial charge in [-0.3, -0.25) is 4.79 Å². The molecule has 1 saturated carbocycles. The van der Waals surface area contributed by atoms with Crippen LogP contribution in [0.3, 0.4) is 0 Å². The highest BCUT2D eigenvalue weighted by Gasteiger charge is 2.32. The van der Waals surface area contributed by atoms with Crippen LogP contribution in [0.5, 0.6) is 0 Å². The maximum atomic E-state index is 13.9. The van der Waals surface area contributed by atoms with Gasteiger partial charge in [0, 0.05) is 16.0 Å². The van der Waals surface area contributed by atoms with Gasteiger partial charge in [0.25, 0.3) is 0 Å². The van der Waals surface area contributed by atoms with Crippen molar-refractivity contribution in [2.45, 2.75) is 19.3 Å². The normalized spacial score (nSPS) is 20.7. The molecule has 23 heavy (non-hydrogen) atoms. The second-order valence-electron chi connectivity index (χ2n) is 5.56. The van der Waals surface area contributed by atoms with Crippen molar-refractivity contribution in [3.63, 3.8) is 0 Å². The summed E-state index contributed by atoms with van der Waals surface area (Å²) in [6.07, 6.45) is 2.85. The molecule has 0 radical (unpaired) electrons. The molecule has 0 spiro atoms. The van der Waals surface area contributed by atoms with Crippen molar-refractivity contribution in [1.29, 1.82) is 0 Å². The number of aromatic nitrogens is 2. The van der Waals surface area contributed by atoms with Gasteiger partial charge in [-0.15, -0.1) is 10.2 Å². The van der Waals surface area contributed by atoms with Crippen molar-refractivity contribution in [3.8, 4) is 10.6 Å². The highest BCUT2D eigenvalue weighted by molar-refractivity contribution is 9.10. The number of rotatable bonds is 4. The minimum Gasteiger partial charge on any atom is -0.330 e. The SMILES string of the molecule is NC[C@H]1CCC[C@H]1C(=O)Nc1nnc(-c2cc(Br)ccc2F)s1. The van der Waals surface area contributed by atoms with Crippen LogP contribution in [0, 0.1) is 17.7 Å². The molecule has 8 heteroatoms. The maximum Gasteiger partial charge on any atom is 0.229 e. The molecule has 1 aromatic heterocycles. The smallest absolute Gasteiger partial charge is 0.229 e. The van der Waals surface area contributed by atoms with Crippen LogP contribution in [0.15, 0.2) is 22.7 Å². The van der Waals surface area contributed by atoms with Gasteiger partial charge in [0.2, 0.25) is 11.0 Å². The van der Waals surface area contributed by atoms with Crippen molar-refractivity contribution in [2.24, 2.45) is 17.6 Å². The largest absolute Gasteiger partial charge is 0.330 e. The van der Waals surface area contributed by atoms with Gasteiger partial charge < -0.3 is 11.1 Å². The number of nitrogens with one attached hydrogen (secondary N) is 1. The molecule has 5 nitrogen and oxygen atoms in total. The maximum absolute atomic E-state index is 13.9. The summed E-state index contributed by atoms with van der Waals surface area (Å²) < 4.78 is 14.6. The van der Waals surface area contributed by atoms with Crippen molar-refractivity contribution in [3.05, 3.63) is 28.5 Å². The molecular formula is C15H16BrFN4OS. The van der Waals surface area contributed by atoms with Gasteiger partial charge >= 0.3 is 0 Å². The van der Waals surface area contributed by atoms with E-state index >= 15 is 0 Å². The first kappa shape index (κ1) is 16.5. The second kappa shape index (κ2) is 7.02. The van der Waals surface area contributed by atoms with E-state index in [1.54, 1.807) is 12.1 Å². The average molecular weight is 399 g/mol. The summed E-state index contributed by atoms with van der Waals surface area (Å²) in [5.41, 5.74) is 6.07. The van der Waals surface area contributed by atoms with Crippen LogP contribution in [-0.4, -0.2) is 22.6 Å². The number of amides is 1. The fraction of sp³-hybridized carbons (Fsp3) is 0.400. The third kappa shape index (κ3) is 3.59. The van der Waals surface area contributed by atoms with E-state index in [9.17, 15) is 9.18 Å². The van der Waals surface area contributed by atoms with Crippen molar-refractivity contribution >= 4 is 38.3 Å². The second-order valence-corrected chi connectivity index (χ2v) is 7.45. The first-order valence-electron chi connectivity index (χ1n) is 7.38. The van der Waals surface area contributed by atoms with Crippen LogP contribution >= 0.6 is 27.3 Å². The van der Waals surface area contributed by atoms with E-state index in [0.29, 0.717) is 22.2 Å². The van der Waals surface area contributed by atoms with Crippen molar-refractivity contribution in [1.82, 2.24) is 10.2 Å². The Morgan fingerprint density at radius 3 is 3.04 bits per heavy atom. The first-order chi connectivity index (χ1) is 11.1. The summed E-state index contributed by atoms with van der Waals surface area (Å²) in [6, 6.07) is 4.63. The Kier molecular flexibility index (Phi) is 5.03. The number of benzene rings is 1. The van der Waals surface area contributed by atoms with Crippen molar-refractivity contribution < 1.29 is 9.18 Å². The first-order valence-corrected chi connectivity index (χ1v) is 8.99. The Morgan fingerprint density at radius 2 is 2.26 bits per heavy atom. The molecule has 1 heterocycles. The fourth-order valence-electron chi connectivity index (χ4n) is 2.91. The van der Waals surface area contributed by atoms with Crippen LogP contribution in [0.4, 0.5) is 9.52 Å². The third-order valence-electron chi connectivity index (χ3n) is 4.11. The van der Waals surface area contributed by atoms with Gasteiger partial charge in [0.15, 0.2) is 5.01 Å². The lowest BCUT2D eigenvalue weighted by Gasteiger charge is -2.15. The molecule has 1 fully saturated rings. The minimum absolute atomic E-state index is 0.0737. The average Bonchev–Trinajstić information content (AvgIpc) is 3.18. The molecule has 3 N–H and O–H groups in total. The van der Waals surface area contributed by atoms with Crippen LogP contribution in [0.25, 0.3) is 10.6 Å². The lowest BCUT2D eigenvalue weighted by atomic mass is 9.95. The Labute approximate surface area is 145 Å². The molecule has 0 unspecified atom stereocenters. The zero-order valence-electron chi connectivity index (χ0n) is 12.3. The molecule has 0 saturated heterocycles. The molecule has 0 bridgehead atoms. The Balaban J connectivity index is 1.75. The zero-order chi connectivity index (χ0) is 16.4. The summed E-state index contributed by atoms with van der Waals surface area (Å²) in [4.78, 5) is 12.3. The Bertz CT molecular complexity index is 723. The number of anilines is 1. The van der Waals surface area contributed by atoms with Gasteiger partial charge in [0.1, 0.15) is 5.82 Å². The molecule has 0 aliphatic heterocycles. The number of hydrogen-bond donors (Lipinski definition) is 2. The third-order valence-corrected chi connectivity index (χ3v) is 5.48. The van der Waals surface area contributed by atoms with Gasteiger partial charge in [-0.2, -0.15) is 0 Å². The van der Waals surface area contributed by atoms with Gasteiger partial charge in [0.05, 0.1) is 0 Å². The van der Waals surface area contributed by atoms with E-state index in [0.717, 1.165) is 35.1 Å². The van der Waals surface area contributed by atoms with E-state index in [2.05, 4.69) is 31.4 Å². The zero-order valence-corrected chi connectivity index (χ0v) is 14.7. The highest BCUT2D eigenvalue weighted by atomic mass is 79.9. The Hall–Kier alpha value is -1.38. The number of nitrogens with zero attached hydrogens (tertiary/aromatic N) is 2. The number of carbonyl (C=O) groups is 1. The molecule has 1 aromatic carbocycles. The van der Waals surface area contributed by atoms with E-state index in [1.807, 2.05) is 0 Å². The number of halogens is 2. The van der Waals surface area contributed by atoms with Crippen LogP contribution in [0.2, 0.25) is 0 Å². The summed E-state index contributed by atoms with van der Waals surface area (Å²) in [7, 11) is 0. The van der Waals surface area contributed by atoms with E-state index in [-0.39, 0.29) is 23.6 Å². The lowest BCUT2D eigenvalue weighted by Crippen LogP contribution is -2.29. The monoisotopic (exact) mass is 398 g/mol. The fourth-order valence-corrected chi connectivity index (χ4v) is 4.03. The molecule has 1 aliphatic rings. The van der Waals surface area contributed by atoms with Crippen LogP contribution < -0.4 is 11.1 Å². The van der Waals surface area contributed by atoms with Crippen LogP contribution in [0.1, 0.15) is 19.3 Å². The van der Waals surface area contributed by atoms with Crippen LogP contribution in [-0.2, 0) is 4.79 Å². The molecular weight excluding hydrogens is 383 g/mol. The number of carbonyl (C=O) groups excluding carboxylic acids is 1. The molecule has 1 amide bonds. The molecule has 122 valence electrons. The summed E-state index contributed by atoms with van der Waals surface area (Å²) in [5, 5.41) is 11.5. The minimum atomic E-state index is -0.374. The Morgan fingerprint density at radius 1 is 1.43 bits per heavy atom. The van der Waals surface area contributed by atoms with Gasteiger partial charge in [-0.1, -0.05) is 33.7 Å². The van der Waals surface area contributed by atoms with E-state index in [1.165, 1.54) is 6.07 Å². The summed E-state index contributed by atoms with van der Waals surface area (Å²) in [6.45, 7) is 0.517. The van der Waals surface area contributed by atoms with Gasteiger partial charge in [-0.05, 0) is 43.5 Å². The molecule has 2 atom stereocenters. The highest BCUT2D eigenvalue weighted by Crippen LogP contribution is 2.34. The molecule has 2 aromatic rings. The topological polar surface area (TPSA) is 80.9 Å². The van der Waals surface area contributed by atoms with E-state index < -0.39 is 0 Å².